The molecular weight excluding hydrogens is 460 g/mol. The summed E-state index contributed by atoms with van der Waals surface area (Å²) in [5.74, 6) is -0.614. The number of H-pyrrole nitrogens is 4. The van der Waals surface area contributed by atoms with Crippen molar-refractivity contribution in [3.63, 3.8) is 0 Å². The Kier molecular flexibility index (Phi) is 6.20. The molecule has 2 heterocycles. The molecule has 10 nitrogen and oxygen atoms in total. The summed E-state index contributed by atoms with van der Waals surface area (Å²) in [5.41, 5.74) is 1.96. The zero-order valence-corrected chi connectivity index (χ0v) is 18.4. The summed E-state index contributed by atoms with van der Waals surface area (Å²) in [5, 5.41) is 10.7. The molecule has 0 spiro atoms. The number of esters is 1. The lowest BCUT2D eigenvalue weighted by atomic mass is 9.85. The van der Waals surface area contributed by atoms with Crippen LogP contribution < -0.4 is 20.6 Å². The summed E-state index contributed by atoms with van der Waals surface area (Å²) < 4.78 is 16.1. The van der Waals surface area contributed by atoms with E-state index in [-0.39, 0.29) is 17.7 Å². The Morgan fingerprint density at radius 2 is 1.57 bits per heavy atom. The van der Waals surface area contributed by atoms with Gasteiger partial charge in [-0.2, -0.15) is 0 Å². The SMILES string of the molecule is COC(=O)COc1c(Br)cc(C(c2c(C)[nH][nH]c2=O)c2c(C)[nH][nH]c2=O)cc1OC. The monoisotopic (exact) mass is 480 g/mol. The van der Waals surface area contributed by atoms with E-state index in [2.05, 4.69) is 41.1 Å². The molecule has 11 heteroatoms. The molecular formula is C19H21BrN4O6. The number of hydrogen-bond donors (Lipinski definition) is 4. The average molecular weight is 481 g/mol. The number of aromatic nitrogens is 4. The number of halogens is 1. The third-order valence-electron chi connectivity index (χ3n) is 4.75. The van der Waals surface area contributed by atoms with Gasteiger partial charge in [0.2, 0.25) is 0 Å². The van der Waals surface area contributed by atoms with Gasteiger partial charge in [0.15, 0.2) is 18.1 Å². The number of methoxy groups -OCH3 is 2. The minimum absolute atomic E-state index is 0.296. The number of aryl methyl sites for hydroxylation is 2. The fourth-order valence-electron chi connectivity index (χ4n) is 3.32. The molecule has 0 aliphatic heterocycles. The first-order valence-electron chi connectivity index (χ1n) is 8.89. The Bertz CT molecular complexity index is 1130. The highest BCUT2D eigenvalue weighted by molar-refractivity contribution is 9.10. The quantitative estimate of drug-likeness (QED) is 0.380. The second-order valence-electron chi connectivity index (χ2n) is 6.57. The molecule has 0 saturated heterocycles. The van der Waals surface area contributed by atoms with Crippen molar-refractivity contribution in [3.05, 3.63) is 65.4 Å². The van der Waals surface area contributed by atoms with Crippen molar-refractivity contribution in [2.24, 2.45) is 0 Å². The maximum absolute atomic E-state index is 12.6. The predicted molar refractivity (Wildman–Crippen MR) is 111 cm³/mol. The molecule has 160 valence electrons. The number of aromatic amines is 4. The molecule has 0 atom stereocenters. The minimum Gasteiger partial charge on any atom is -0.493 e. The van der Waals surface area contributed by atoms with Gasteiger partial charge in [0.05, 0.1) is 29.8 Å². The van der Waals surface area contributed by atoms with Gasteiger partial charge < -0.3 is 24.4 Å². The second kappa shape index (κ2) is 8.66. The number of carbonyl (C=O) groups is 1. The van der Waals surface area contributed by atoms with Gasteiger partial charge in [0.1, 0.15) is 0 Å². The van der Waals surface area contributed by atoms with Crippen LogP contribution in [0.1, 0.15) is 34.0 Å². The summed E-state index contributed by atoms with van der Waals surface area (Å²) in [6, 6.07) is 3.39. The second-order valence-corrected chi connectivity index (χ2v) is 7.42. The Morgan fingerprint density at radius 1 is 1.00 bits per heavy atom. The molecule has 0 saturated carbocycles. The van der Waals surface area contributed by atoms with Gasteiger partial charge in [0, 0.05) is 17.3 Å². The van der Waals surface area contributed by atoms with E-state index in [1.165, 1.54) is 14.2 Å². The fourth-order valence-corrected chi connectivity index (χ4v) is 3.89. The zero-order valence-electron chi connectivity index (χ0n) is 16.8. The van der Waals surface area contributed by atoms with Crippen molar-refractivity contribution in [1.29, 1.82) is 0 Å². The Hall–Kier alpha value is -3.21. The lowest BCUT2D eigenvalue weighted by Gasteiger charge is -2.19. The lowest BCUT2D eigenvalue weighted by Crippen LogP contribution is -2.20. The van der Waals surface area contributed by atoms with E-state index < -0.39 is 11.9 Å². The third-order valence-corrected chi connectivity index (χ3v) is 5.34. The molecule has 30 heavy (non-hydrogen) atoms. The molecule has 2 aromatic heterocycles. The van der Waals surface area contributed by atoms with Gasteiger partial charge in [-0.25, -0.2) is 4.79 Å². The van der Waals surface area contributed by atoms with Crippen LogP contribution in [0.2, 0.25) is 0 Å². The Morgan fingerprint density at radius 3 is 2.00 bits per heavy atom. The standard InChI is InChI=1S/C19H21BrN4O6/c1-8-14(18(26)23-21-8)16(15-9(2)22-24-19(15)27)10-5-11(20)17(12(6-10)28-3)30-7-13(25)29-4/h5-6,16H,7H2,1-4H3,(H2,21,23,26)(H2,22,24,27). The molecule has 0 amide bonds. The van der Waals surface area contributed by atoms with E-state index in [0.29, 0.717) is 44.0 Å². The first-order chi connectivity index (χ1) is 14.3. The van der Waals surface area contributed by atoms with Crippen LogP contribution in [-0.2, 0) is 9.53 Å². The van der Waals surface area contributed by atoms with Gasteiger partial charge in [-0.05, 0) is 47.5 Å². The Labute approximate surface area is 179 Å². The highest BCUT2D eigenvalue weighted by Crippen LogP contribution is 2.41. The molecule has 4 N–H and O–H groups in total. The largest absolute Gasteiger partial charge is 0.493 e. The van der Waals surface area contributed by atoms with E-state index in [0.717, 1.165) is 0 Å². The molecule has 0 aliphatic carbocycles. The summed E-state index contributed by atoms with van der Waals surface area (Å²) in [7, 11) is 2.72. The van der Waals surface area contributed by atoms with E-state index in [1.54, 1.807) is 26.0 Å². The zero-order chi connectivity index (χ0) is 22.0. The first-order valence-corrected chi connectivity index (χ1v) is 9.69. The van der Waals surface area contributed by atoms with E-state index >= 15 is 0 Å². The summed E-state index contributed by atoms with van der Waals surface area (Å²) in [6.07, 6.45) is 0. The van der Waals surface area contributed by atoms with Crippen LogP contribution in [0, 0.1) is 13.8 Å². The Balaban J connectivity index is 2.20. The molecule has 0 bridgehead atoms. The average Bonchev–Trinajstić information content (AvgIpc) is 3.23. The van der Waals surface area contributed by atoms with E-state index in [1.807, 2.05) is 0 Å². The van der Waals surface area contributed by atoms with Crippen molar-refractivity contribution in [2.45, 2.75) is 19.8 Å². The van der Waals surface area contributed by atoms with Crippen molar-refractivity contribution in [3.8, 4) is 11.5 Å². The van der Waals surface area contributed by atoms with Crippen LogP contribution in [0.4, 0.5) is 0 Å². The number of nitrogens with one attached hydrogen (secondary N) is 4. The molecule has 0 aliphatic rings. The summed E-state index contributed by atoms with van der Waals surface area (Å²) >= 11 is 3.44. The van der Waals surface area contributed by atoms with Crippen LogP contribution in [0.5, 0.6) is 11.5 Å². The van der Waals surface area contributed by atoms with Crippen molar-refractivity contribution in [1.82, 2.24) is 20.4 Å². The molecule has 1 aromatic carbocycles. The highest BCUT2D eigenvalue weighted by atomic mass is 79.9. The van der Waals surface area contributed by atoms with Gasteiger partial charge in [-0.1, -0.05) is 0 Å². The van der Waals surface area contributed by atoms with Crippen LogP contribution >= 0.6 is 15.9 Å². The molecule has 3 rings (SSSR count). The molecule has 0 radical (unpaired) electrons. The van der Waals surface area contributed by atoms with Crippen LogP contribution in [0.3, 0.4) is 0 Å². The number of carbonyl (C=O) groups excluding carboxylic acids is 1. The maximum Gasteiger partial charge on any atom is 0.343 e. The number of ether oxygens (including phenoxy) is 3. The first kappa shape index (κ1) is 21.5. The lowest BCUT2D eigenvalue weighted by molar-refractivity contribution is -0.142. The number of rotatable bonds is 7. The molecule has 0 unspecified atom stereocenters. The smallest absolute Gasteiger partial charge is 0.343 e. The van der Waals surface area contributed by atoms with Gasteiger partial charge in [-0.15, -0.1) is 0 Å². The van der Waals surface area contributed by atoms with E-state index in [4.69, 9.17) is 9.47 Å². The highest BCUT2D eigenvalue weighted by Gasteiger charge is 2.29. The van der Waals surface area contributed by atoms with Crippen LogP contribution in [-0.4, -0.2) is 47.2 Å². The van der Waals surface area contributed by atoms with Crippen molar-refractivity contribution < 1.29 is 19.0 Å². The van der Waals surface area contributed by atoms with Crippen LogP contribution in [0.15, 0.2) is 26.2 Å². The molecule has 3 aromatic rings. The van der Waals surface area contributed by atoms with Gasteiger partial charge in [-0.3, -0.25) is 19.8 Å². The van der Waals surface area contributed by atoms with Crippen molar-refractivity contribution in [2.75, 3.05) is 20.8 Å². The van der Waals surface area contributed by atoms with Gasteiger partial charge in [0.25, 0.3) is 11.1 Å². The number of hydrogen-bond acceptors (Lipinski definition) is 6. The van der Waals surface area contributed by atoms with Crippen LogP contribution in [0.25, 0.3) is 0 Å². The molecule has 0 fully saturated rings. The fraction of sp³-hybridized carbons (Fsp3) is 0.316. The predicted octanol–water partition coefficient (Wildman–Crippen LogP) is 1.84. The number of benzene rings is 1. The third kappa shape index (κ3) is 3.92. The summed E-state index contributed by atoms with van der Waals surface area (Å²) in [6.45, 7) is 3.19. The summed E-state index contributed by atoms with van der Waals surface area (Å²) in [4.78, 5) is 36.6. The maximum atomic E-state index is 12.6. The van der Waals surface area contributed by atoms with Gasteiger partial charge >= 0.3 is 5.97 Å². The minimum atomic E-state index is -0.685. The van der Waals surface area contributed by atoms with Crippen molar-refractivity contribution >= 4 is 21.9 Å². The normalized spacial score (nSPS) is 11.0. The van der Waals surface area contributed by atoms with E-state index in [9.17, 15) is 14.4 Å². The topological polar surface area (TPSA) is 142 Å².